The number of pyridine rings is 2. The van der Waals surface area contributed by atoms with Gasteiger partial charge in [-0.3, -0.25) is 0 Å². The van der Waals surface area contributed by atoms with Crippen molar-refractivity contribution in [3.8, 4) is 11.3 Å². The van der Waals surface area contributed by atoms with E-state index in [9.17, 15) is 0 Å². The molecule has 0 spiro atoms. The average molecular weight is 752 g/mol. The summed E-state index contributed by atoms with van der Waals surface area (Å²) in [5.74, 6) is 0. The molecule has 0 N–H and O–H groups in total. The van der Waals surface area contributed by atoms with Crippen LogP contribution in [0.2, 0.25) is 0 Å². The lowest BCUT2D eigenvalue weighted by Crippen LogP contribution is -2.41. The zero-order valence-electron chi connectivity index (χ0n) is 33.0. The Morgan fingerprint density at radius 2 is 1.53 bits per heavy atom. The van der Waals surface area contributed by atoms with Crippen LogP contribution in [-0.2, 0) is 32.2 Å². The summed E-state index contributed by atoms with van der Waals surface area (Å²) in [4.78, 5) is 14.9. The predicted octanol–water partition coefficient (Wildman–Crippen LogP) is 9.94. The monoisotopic (exact) mass is 751 g/mol. The second kappa shape index (κ2) is 14.3. The van der Waals surface area contributed by atoms with Crippen LogP contribution < -0.4 is 14.4 Å². The van der Waals surface area contributed by atoms with Crippen molar-refractivity contribution in [3.05, 3.63) is 156 Å². The Balaban J connectivity index is 0.953. The first-order valence-corrected chi connectivity index (χ1v) is 21.3. The van der Waals surface area contributed by atoms with Gasteiger partial charge in [-0.2, -0.15) is 4.57 Å². The Morgan fingerprint density at radius 3 is 2.46 bits per heavy atom. The first-order valence-electron chi connectivity index (χ1n) is 21.3. The zero-order valence-corrected chi connectivity index (χ0v) is 33.0. The molecule has 7 nitrogen and oxygen atoms in total. The SMILES string of the molecule is Cc1ccc2c(n1)oc1c3c4cc(c12)CCCCCCc1ccc2[n+](c1)Cc1ccccc1N1C=CN(CCCCN5C=CN3C5C4)C1/C=C/Cc1ccccc1-2. The van der Waals surface area contributed by atoms with E-state index in [4.69, 9.17) is 9.40 Å². The second-order valence-electron chi connectivity index (χ2n) is 16.7. The lowest BCUT2D eigenvalue weighted by Gasteiger charge is -2.32. The third kappa shape index (κ3) is 6.10. The molecule has 11 rings (SSSR count). The van der Waals surface area contributed by atoms with Crippen LogP contribution in [0.3, 0.4) is 0 Å². The van der Waals surface area contributed by atoms with Gasteiger partial charge in [0.2, 0.25) is 11.4 Å². The van der Waals surface area contributed by atoms with E-state index in [1.54, 1.807) is 0 Å². The summed E-state index contributed by atoms with van der Waals surface area (Å²) in [5, 5.41) is 2.41. The van der Waals surface area contributed by atoms with Gasteiger partial charge in [-0.15, -0.1) is 0 Å². The fourth-order valence-electron chi connectivity index (χ4n) is 10.2. The summed E-state index contributed by atoms with van der Waals surface area (Å²) in [5.41, 5.74) is 14.9. The highest BCUT2D eigenvalue weighted by Gasteiger charge is 2.38. The van der Waals surface area contributed by atoms with E-state index in [0.29, 0.717) is 6.17 Å². The lowest BCUT2D eigenvalue weighted by molar-refractivity contribution is -0.677. The lowest BCUT2D eigenvalue weighted by atomic mass is 9.96. The molecule has 3 aromatic carbocycles. The minimum absolute atomic E-state index is 0.133. The molecule has 2 atom stereocenters. The first-order chi connectivity index (χ1) is 28.2. The number of allylic oxidation sites excluding steroid dienone is 1. The Labute approximate surface area is 335 Å². The number of benzene rings is 3. The number of anilines is 2. The molecule has 8 bridgehead atoms. The van der Waals surface area contributed by atoms with Gasteiger partial charge in [0.1, 0.15) is 12.3 Å². The standard InChI is InChI=1S/C50H51N6O/c1-35-21-23-42-47-38-15-5-3-2-4-13-36-22-24-44-41-18-8-6-14-37(41)17-12-20-45-52(27-29-55(45)43-19-9-7-16-39(43)34-54(44)33-36)25-10-11-26-53-28-30-56-46(53)32-40(31-38)48(56)49(47)57-50(42)51-35/h6-9,12,14,16,18-24,27-31,33,45-46H,2-5,10-11,13,15,17,25-26,32,34H2,1H3/q+1/b20-12+. The van der Waals surface area contributed by atoms with E-state index in [1.807, 2.05) is 0 Å². The smallest absolute Gasteiger partial charge is 0.227 e. The minimum atomic E-state index is 0.133. The van der Waals surface area contributed by atoms with Crippen LogP contribution in [0, 0.1) is 6.92 Å². The minimum Gasteiger partial charge on any atom is -0.435 e. The molecule has 5 aliphatic rings. The summed E-state index contributed by atoms with van der Waals surface area (Å²) in [6.45, 7) is 4.91. The van der Waals surface area contributed by atoms with Gasteiger partial charge in [-0.1, -0.05) is 61.4 Å². The van der Waals surface area contributed by atoms with E-state index < -0.39 is 0 Å². The molecule has 3 aromatic heterocycles. The molecule has 6 aromatic rings. The van der Waals surface area contributed by atoms with Crippen LogP contribution in [0.25, 0.3) is 33.3 Å². The molecule has 0 saturated carbocycles. The van der Waals surface area contributed by atoms with Gasteiger partial charge < -0.3 is 24.0 Å². The third-order valence-electron chi connectivity index (χ3n) is 13.1. The second-order valence-corrected chi connectivity index (χ2v) is 16.7. The summed E-state index contributed by atoms with van der Waals surface area (Å²) < 4.78 is 9.23. The molecule has 57 heavy (non-hydrogen) atoms. The van der Waals surface area contributed by atoms with Crippen LogP contribution in [-0.4, -0.2) is 40.2 Å². The molecular weight excluding hydrogens is 701 g/mol. The summed E-state index contributed by atoms with van der Waals surface area (Å²) in [6.07, 6.45) is 28.0. The molecule has 8 heterocycles. The van der Waals surface area contributed by atoms with Crippen LogP contribution in [0.15, 0.2) is 126 Å². The molecule has 0 aliphatic carbocycles. The van der Waals surface area contributed by atoms with Gasteiger partial charge in [0.05, 0.1) is 11.4 Å². The van der Waals surface area contributed by atoms with Crippen LogP contribution in [0.1, 0.15) is 72.0 Å². The van der Waals surface area contributed by atoms with Crippen molar-refractivity contribution >= 4 is 33.4 Å². The van der Waals surface area contributed by atoms with Crippen LogP contribution in [0.5, 0.6) is 0 Å². The van der Waals surface area contributed by atoms with E-state index in [-0.39, 0.29) is 6.17 Å². The van der Waals surface area contributed by atoms with Gasteiger partial charge in [0.15, 0.2) is 18.3 Å². The maximum absolute atomic E-state index is 6.71. The van der Waals surface area contributed by atoms with Crippen molar-refractivity contribution < 1.29 is 8.98 Å². The Hall–Kier alpha value is -5.82. The third-order valence-corrected chi connectivity index (χ3v) is 13.1. The average Bonchev–Trinajstić information content (AvgIpc) is 4.00. The van der Waals surface area contributed by atoms with Gasteiger partial charge >= 0.3 is 0 Å². The Morgan fingerprint density at radius 1 is 0.719 bits per heavy atom. The molecular formula is C50H51N6O+. The van der Waals surface area contributed by atoms with E-state index in [2.05, 4.69) is 153 Å². The van der Waals surface area contributed by atoms with Crippen molar-refractivity contribution in [2.45, 2.75) is 90.0 Å². The molecule has 5 aliphatic heterocycles. The molecule has 7 heteroatoms. The summed E-state index contributed by atoms with van der Waals surface area (Å²) in [7, 11) is 0. The highest BCUT2D eigenvalue weighted by Crippen LogP contribution is 2.47. The molecule has 0 radical (unpaired) electrons. The van der Waals surface area contributed by atoms with Gasteiger partial charge in [0, 0.05) is 83.5 Å². The van der Waals surface area contributed by atoms with E-state index in [1.165, 1.54) is 81.5 Å². The molecule has 0 amide bonds. The fraction of sp³-hybridized carbons (Fsp3) is 0.320. The predicted molar refractivity (Wildman–Crippen MR) is 230 cm³/mol. The number of aromatic nitrogens is 2. The van der Waals surface area contributed by atoms with Crippen molar-refractivity contribution in [3.63, 3.8) is 0 Å². The highest BCUT2D eigenvalue weighted by atomic mass is 16.3. The number of aryl methyl sites for hydroxylation is 3. The normalized spacial score (nSPS) is 21.1. The largest absolute Gasteiger partial charge is 0.435 e. The van der Waals surface area contributed by atoms with Crippen molar-refractivity contribution in [1.82, 2.24) is 14.8 Å². The number of para-hydroxylation sites is 1. The first kappa shape index (κ1) is 34.4. The van der Waals surface area contributed by atoms with Gasteiger partial charge in [-0.25, -0.2) is 4.98 Å². The number of nitrogens with zero attached hydrogens (tertiary/aromatic N) is 6. The zero-order chi connectivity index (χ0) is 37.9. The molecule has 2 unspecified atom stereocenters. The van der Waals surface area contributed by atoms with Crippen molar-refractivity contribution in [1.29, 1.82) is 0 Å². The number of hydrogen-bond acceptors (Lipinski definition) is 6. The van der Waals surface area contributed by atoms with E-state index >= 15 is 0 Å². The van der Waals surface area contributed by atoms with Crippen LogP contribution >= 0.6 is 0 Å². The van der Waals surface area contributed by atoms with Gasteiger partial charge in [-0.05, 0) is 105 Å². The topological polar surface area (TPSA) is 42.9 Å². The van der Waals surface area contributed by atoms with Crippen LogP contribution in [0.4, 0.5) is 11.4 Å². The Kier molecular flexibility index (Phi) is 8.63. The Bertz CT molecular complexity index is 2600. The fourth-order valence-corrected chi connectivity index (χ4v) is 10.2. The highest BCUT2D eigenvalue weighted by molar-refractivity contribution is 6.11. The number of furan rings is 1. The van der Waals surface area contributed by atoms with E-state index in [0.717, 1.165) is 80.5 Å². The molecule has 0 fully saturated rings. The van der Waals surface area contributed by atoms with Gasteiger partial charge in [0.25, 0.3) is 0 Å². The molecule has 0 saturated heterocycles. The summed E-state index contributed by atoms with van der Waals surface area (Å²) in [6, 6.07) is 29.7. The maximum atomic E-state index is 6.71. The summed E-state index contributed by atoms with van der Waals surface area (Å²) >= 11 is 0. The number of hydrogen-bond donors (Lipinski definition) is 0. The maximum Gasteiger partial charge on any atom is 0.227 e. The van der Waals surface area contributed by atoms with Crippen molar-refractivity contribution in [2.75, 3.05) is 22.9 Å². The van der Waals surface area contributed by atoms with Crippen molar-refractivity contribution in [2.24, 2.45) is 0 Å². The quantitative estimate of drug-likeness (QED) is 0.114. The number of rotatable bonds is 0. The molecule has 286 valence electrons. The number of fused-ring (bicyclic) bond motifs is 10.